The van der Waals surface area contributed by atoms with Crippen LogP contribution in [0.5, 0.6) is 5.75 Å². The van der Waals surface area contributed by atoms with Crippen LogP contribution >= 0.6 is 11.3 Å². The smallest absolute Gasteiger partial charge is 0.271 e. The van der Waals surface area contributed by atoms with Gasteiger partial charge in [-0.25, -0.2) is 4.98 Å². The van der Waals surface area contributed by atoms with Crippen LogP contribution in [0.3, 0.4) is 0 Å². The van der Waals surface area contributed by atoms with E-state index in [-0.39, 0.29) is 5.91 Å². The molecule has 3 aromatic rings. The van der Waals surface area contributed by atoms with Crippen molar-refractivity contribution in [2.75, 3.05) is 43.1 Å². The molecule has 0 saturated carbocycles. The third kappa shape index (κ3) is 4.74. The number of carbonyl (C=O) groups excluding carboxylic acids is 1. The van der Waals surface area contributed by atoms with E-state index in [0.29, 0.717) is 12.2 Å². The molecule has 1 aromatic heterocycles. The van der Waals surface area contributed by atoms with Gasteiger partial charge in [-0.3, -0.25) is 4.79 Å². The molecule has 156 valence electrons. The van der Waals surface area contributed by atoms with Crippen molar-refractivity contribution in [3.8, 4) is 5.75 Å². The lowest BCUT2D eigenvalue weighted by molar-refractivity contribution is 0.0946. The Hall–Kier alpha value is -3.06. The Morgan fingerprint density at radius 2 is 1.70 bits per heavy atom. The second-order valence-electron chi connectivity index (χ2n) is 7.36. The Morgan fingerprint density at radius 1 is 1.03 bits per heavy atom. The summed E-state index contributed by atoms with van der Waals surface area (Å²) >= 11 is 1.53. The van der Waals surface area contributed by atoms with Crippen LogP contribution in [0.15, 0.2) is 53.9 Å². The number of hydrogen-bond donors (Lipinski definition) is 1. The number of hydrogen-bond acceptors (Lipinski definition) is 6. The average Bonchev–Trinajstić information content (AvgIpc) is 3.29. The van der Waals surface area contributed by atoms with E-state index in [1.54, 1.807) is 7.11 Å². The summed E-state index contributed by atoms with van der Waals surface area (Å²) in [5.74, 6) is 0.739. The minimum Gasteiger partial charge on any atom is -0.497 e. The van der Waals surface area contributed by atoms with Crippen LogP contribution in [0, 0.1) is 6.92 Å². The minimum atomic E-state index is -0.130. The van der Waals surface area contributed by atoms with Gasteiger partial charge in [-0.05, 0) is 36.8 Å². The molecule has 30 heavy (non-hydrogen) atoms. The van der Waals surface area contributed by atoms with E-state index >= 15 is 0 Å². The van der Waals surface area contributed by atoms with Crippen LogP contribution in [0.4, 0.5) is 10.8 Å². The number of carbonyl (C=O) groups is 1. The van der Waals surface area contributed by atoms with Gasteiger partial charge in [0, 0.05) is 43.8 Å². The second kappa shape index (κ2) is 9.17. The molecule has 1 saturated heterocycles. The predicted octanol–water partition coefficient (Wildman–Crippen LogP) is 3.72. The highest BCUT2D eigenvalue weighted by Gasteiger charge is 2.21. The van der Waals surface area contributed by atoms with Crippen molar-refractivity contribution in [3.63, 3.8) is 0 Å². The van der Waals surface area contributed by atoms with Gasteiger partial charge in [0.2, 0.25) is 0 Å². The van der Waals surface area contributed by atoms with Crippen LogP contribution in [-0.2, 0) is 6.54 Å². The van der Waals surface area contributed by atoms with Gasteiger partial charge in [0.25, 0.3) is 5.91 Å². The Morgan fingerprint density at radius 3 is 2.37 bits per heavy atom. The molecule has 0 atom stereocenters. The number of aromatic nitrogens is 1. The summed E-state index contributed by atoms with van der Waals surface area (Å²) in [6.45, 7) is 6.15. The molecule has 0 unspecified atom stereocenters. The molecule has 0 bridgehead atoms. The number of piperazine rings is 1. The first-order valence-electron chi connectivity index (χ1n) is 10.1. The molecule has 0 aliphatic carbocycles. The van der Waals surface area contributed by atoms with E-state index in [9.17, 15) is 4.79 Å². The number of rotatable bonds is 6. The summed E-state index contributed by atoms with van der Waals surface area (Å²) < 4.78 is 5.23. The number of nitrogens with one attached hydrogen (secondary N) is 1. The number of anilines is 2. The second-order valence-corrected chi connectivity index (χ2v) is 8.19. The fraction of sp³-hybridized carbons (Fsp3) is 0.304. The first-order chi connectivity index (χ1) is 14.6. The fourth-order valence-corrected chi connectivity index (χ4v) is 4.30. The van der Waals surface area contributed by atoms with Gasteiger partial charge >= 0.3 is 0 Å². The third-order valence-electron chi connectivity index (χ3n) is 5.29. The zero-order valence-corrected chi connectivity index (χ0v) is 18.1. The first kappa shape index (κ1) is 20.2. The molecule has 2 heterocycles. The number of aryl methyl sites for hydroxylation is 1. The van der Waals surface area contributed by atoms with Crippen LogP contribution in [0.25, 0.3) is 0 Å². The van der Waals surface area contributed by atoms with Crippen LogP contribution in [0.1, 0.15) is 21.6 Å². The summed E-state index contributed by atoms with van der Waals surface area (Å²) in [5, 5.41) is 5.71. The lowest BCUT2D eigenvalue weighted by atomic mass is 10.1. The first-order valence-corrected chi connectivity index (χ1v) is 10.9. The Labute approximate surface area is 181 Å². The van der Waals surface area contributed by atoms with Crippen molar-refractivity contribution in [1.82, 2.24) is 10.3 Å². The predicted molar refractivity (Wildman–Crippen MR) is 122 cm³/mol. The standard InChI is InChI=1S/C23H26N4O2S/c1-17-3-5-18(6-4-17)15-24-22(28)21-16-30-23(25-21)27-13-11-26(12-14-27)19-7-9-20(29-2)10-8-19/h3-10,16H,11-15H2,1-2H3,(H,24,28). The number of amides is 1. The molecule has 2 aromatic carbocycles. The summed E-state index contributed by atoms with van der Waals surface area (Å²) in [5.41, 5.74) is 3.98. The maximum atomic E-state index is 12.5. The van der Waals surface area contributed by atoms with E-state index < -0.39 is 0 Å². The molecule has 4 rings (SSSR count). The third-order valence-corrected chi connectivity index (χ3v) is 6.19. The fourth-order valence-electron chi connectivity index (χ4n) is 3.44. The van der Waals surface area contributed by atoms with Crippen LogP contribution in [-0.4, -0.2) is 44.2 Å². The van der Waals surface area contributed by atoms with Crippen molar-refractivity contribution in [2.45, 2.75) is 13.5 Å². The molecule has 1 aliphatic rings. The molecule has 0 spiro atoms. The monoisotopic (exact) mass is 422 g/mol. The average molecular weight is 423 g/mol. The number of benzene rings is 2. The van der Waals surface area contributed by atoms with E-state index in [1.807, 2.05) is 41.8 Å². The Balaban J connectivity index is 1.30. The van der Waals surface area contributed by atoms with Crippen molar-refractivity contribution in [3.05, 3.63) is 70.7 Å². The highest BCUT2D eigenvalue weighted by atomic mass is 32.1. The Kier molecular flexibility index (Phi) is 6.18. The quantitative estimate of drug-likeness (QED) is 0.656. The van der Waals surface area contributed by atoms with Gasteiger partial charge in [0.15, 0.2) is 5.13 Å². The highest BCUT2D eigenvalue weighted by Crippen LogP contribution is 2.25. The van der Waals surface area contributed by atoms with Crippen LogP contribution < -0.4 is 19.9 Å². The maximum absolute atomic E-state index is 12.5. The number of ether oxygens (including phenoxy) is 1. The number of methoxy groups -OCH3 is 1. The molecule has 6 nitrogen and oxygen atoms in total. The van der Waals surface area contributed by atoms with Gasteiger partial charge in [0.1, 0.15) is 11.4 Å². The largest absolute Gasteiger partial charge is 0.497 e. The highest BCUT2D eigenvalue weighted by molar-refractivity contribution is 7.13. The SMILES string of the molecule is COc1ccc(N2CCN(c3nc(C(=O)NCc4ccc(C)cc4)cs3)CC2)cc1. The molecule has 0 radical (unpaired) electrons. The van der Waals surface area contributed by atoms with E-state index in [2.05, 4.69) is 39.2 Å². The van der Waals surface area contributed by atoms with Crippen molar-refractivity contribution in [2.24, 2.45) is 0 Å². The molecule has 1 aliphatic heterocycles. The molecule has 1 amide bonds. The van der Waals surface area contributed by atoms with Gasteiger partial charge < -0.3 is 19.9 Å². The number of nitrogens with zero attached hydrogens (tertiary/aromatic N) is 3. The summed E-state index contributed by atoms with van der Waals surface area (Å²) in [6.07, 6.45) is 0. The van der Waals surface area contributed by atoms with Gasteiger partial charge in [0.05, 0.1) is 7.11 Å². The molecular formula is C23H26N4O2S. The summed E-state index contributed by atoms with van der Waals surface area (Å²) in [4.78, 5) is 21.7. The summed E-state index contributed by atoms with van der Waals surface area (Å²) in [7, 11) is 1.68. The van der Waals surface area contributed by atoms with Crippen molar-refractivity contribution < 1.29 is 9.53 Å². The topological polar surface area (TPSA) is 57.7 Å². The lowest BCUT2D eigenvalue weighted by Crippen LogP contribution is -2.46. The molecule has 7 heteroatoms. The summed E-state index contributed by atoms with van der Waals surface area (Å²) in [6, 6.07) is 16.3. The maximum Gasteiger partial charge on any atom is 0.271 e. The lowest BCUT2D eigenvalue weighted by Gasteiger charge is -2.36. The minimum absolute atomic E-state index is 0.130. The van der Waals surface area contributed by atoms with Crippen molar-refractivity contribution >= 4 is 28.1 Å². The van der Waals surface area contributed by atoms with Gasteiger partial charge in [-0.15, -0.1) is 11.3 Å². The van der Waals surface area contributed by atoms with E-state index in [4.69, 9.17) is 4.74 Å². The van der Waals surface area contributed by atoms with Crippen LogP contribution in [0.2, 0.25) is 0 Å². The zero-order valence-electron chi connectivity index (χ0n) is 17.3. The van der Waals surface area contributed by atoms with Crippen molar-refractivity contribution in [1.29, 1.82) is 0 Å². The van der Waals surface area contributed by atoms with E-state index in [0.717, 1.165) is 42.6 Å². The molecular weight excluding hydrogens is 396 g/mol. The molecule has 1 N–H and O–H groups in total. The van der Waals surface area contributed by atoms with Gasteiger partial charge in [-0.1, -0.05) is 29.8 Å². The normalized spacial score (nSPS) is 13.9. The number of thiazole rings is 1. The zero-order chi connectivity index (χ0) is 20.9. The Bertz CT molecular complexity index is 977. The van der Waals surface area contributed by atoms with E-state index in [1.165, 1.54) is 22.6 Å². The van der Waals surface area contributed by atoms with Gasteiger partial charge in [-0.2, -0.15) is 0 Å². The molecule has 1 fully saturated rings.